The molecule has 1 unspecified atom stereocenters. The van der Waals surface area contributed by atoms with Crippen molar-refractivity contribution in [1.82, 2.24) is 10.3 Å². The lowest BCUT2D eigenvalue weighted by Gasteiger charge is -2.19. The number of nitrogens with zero attached hydrogens (tertiary/aromatic N) is 1. The summed E-state index contributed by atoms with van der Waals surface area (Å²) in [6.07, 6.45) is 3.61. The Morgan fingerprint density at radius 2 is 1.62 bits per heavy atom. The topological polar surface area (TPSA) is 43.4 Å². The fraction of sp³-hybridized carbons (Fsp3) is 0.353. The lowest BCUT2D eigenvalue weighted by molar-refractivity contribution is 0.287. The summed E-state index contributed by atoms with van der Waals surface area (Å²) in [5.41, 5.74) is 2.30. The van der Waals surface area contributed by atoms with E-state index in [2.05, 4.69) is 16.4 Å². The summed E-state index contributed by atoms with van der Waals surface area (Å²) < 4.78 is 11.3. The number of ether oxygens (including phenoxy) is 2. The van der Waals surface area contributed by atoms with Gasteiger partial charge in [0.15, 0.2) is 11.5 Å². The number of rotatable bonds is 7. The van der Waals surface area contributed by atoms with Crippen LogP contribution in [0.15, 0.2) is 42.7 Å². The van der Waals surface area contributed by atoms with E-state index >= 15 is 0 Å². The fourth-order valence-corrected chi connectivity index (χ4v) is 2.33. The van der Waals surface area contributed by atoms with E-state index in [1.807, 2.05) is 45.2 Å². The molecule has 2 rings (SSSR count). The first kappa shape index (κ1) is 15.3. The molecule has 0 fully saturated rings. The normalized spacial score (nSPS) is 12.0. The lowest BCUT2D eigenvalue weighted by atomic mass is 9.99. The molecule has 1 N–H and O–H groups in total. The van der Waals surface area contributed by atoms with Gasteiger partial charge < -0.3 is 14.8 Å². The van der Waals surface area contributed by atoms with Crippen molar-refractivity contribution >= 4 is 0 Å². The van der Waals surface area contributed by atoms with Crippen LogP contribution in [0.25, 0.3) is 0 Å². The molecule has 4 nitrogen and oxygen atoms in total. The van der Waals surface area contributed by atoms with Crippen molar-refractivity contribution in [3.8, 4) is 11.5 Å². The van der Waals surface area contributed by atoms with Gasteiger partial charge in [-0.3, -0.25) is 4.98 Å². The molecule has 0 bridgehead atoms. The highest BCUT2D eigenvalue weighted by Crippen LogP contribution is 2.32. The first-order valence-corrected chi connectivity index (χ1v) is 7.26. The summed E-state index contributed by atoms with van der Waals surface area (Å²) in [7, 11) is 1.95. The van der Waals surface area contributed by atoms with Crippen LogP contribution in [-0.4, -0.2) is 25.2 Å². The van der Waals surface area contributed by atoms with E-state index in [4.69, 9.17) is 9.47 Å². The van der Waals surface area contributed by atoms with Gasteiger partial charge in [-0.2, -0.15) is 0 Å². The van der Waals surface area contributed by atoms with Gasteiger partial charge in [0.2, 0.25) is 0 Å². The van der Waals surface area contributed by atoms with Gasteiger partial charge >= 0.3 is 0 Å². The number of hydrogen-bond acceptors (Lipinski definition) is 4. The van der Waals surface area contributed by atoms with Crippen molar-refractivity contribution < 1.29 is 9.47 Å². The Hall–Kier alpha value is -2.07. The van der Waals surface area contributed by atoms with Crippen LogP contribution in [0.4, 0.5) is 0 Å². The average molecular weight is 286 g/mol. The number of aromatic nitrogens is 1. The molecule has 0 radical (unpaired) electrons. The maximum atomic E-state index is 5.70. The lowest BCUT2D eigenvalue weighted by Crippen LogP contribution is -2.17. The summed E-state index contributed by atoms with van der Waals surface area (Å²) in [6.45, 7) is 5.18. The molecule has 0 aliphatic heterocycles. The van der Waals surface area contributed by atoms with Crippen LogP contribution in [0.2, 0.25) is 0 Å². The van der Waals surface area contributed by atoms with Crippen molar-refractivity contribution in [2.24, 2.45) is 0 Å². The standard InChI is InChI=1S/C17H22N2O2/c1-4-20-15-7-6-14(12-16(15)21-5-2)17(18-3)13-8-10-19-11-9-13/h6-12,17-18H,4-5H2,1-3H3. The van der Waals surface area contributed by atoms with Crippen LogP contribution >= 0.6 is 0 Å². The molecule has 0 aliphatic rings. The summed E-state index contributed by atoms with van der Waals surface area (Å²) in [5, 5.41) is 3.33. The van der Waals surface area contributed by atoms with E-state index in [9.17, 15) is 0 Å². The van der Waals surface area contributed by atoms with Crippen molar-refractivity contribution in [3.63, 3.8) is 0 Å². The average Bonchev–Trinajstić information content (AvgIpc) is 2.52. The Balaban J connectivity index is 2.35. The predicted molar refractivity (Wildman–Crippen MR) is 83.9 cm³/mol. The van der Waals surface area contributed by atoms with E-state index in [0.29, 0.717) is 13.2 Å². The molecule has 0 saturated heterocycles. The van der Waals surface area contributed by atoms with Crippen LogP contribution in [0.1, 0.15) is 31.0 Å². The van der Waals surface area contributed by atoms with Crippen LogP contribution in [0.5, 0.6) is 11.5 Å². The van der Waals surface area contributed by atoms with Crippen LogP contribution in [-0.2, 0) is 0 Å². The Bertz CT molecular complexity index is 558. The third-order valence-corrected chi connectivity index (χ3v) is 3.23. The maximum absolute atomic E-state index is 5.70. The van der Waals surface area contributed by atoms with Gasteiger partial charge in [0, 0.05) is 12.4 Å². The molecular weight excluding hydrogens is 264 g/mol. The van der Waals surface area contributed by atoms with Crippen molar-refractivity contribution in [1.29, 1.82) is 0 Å². The summed E-state index contributed by atoms with van der Waals surface area (Å²) >= 11 is 0. The number of benzene rings is 1. The zero-order chi connectivity index (χ0) is 15.1. The molecule has 0 spiro atoms. The zero-order valence-electron chi connectivity index (χ0n) is 12.8. The molecule has 0 aliphatic carbocycles. The van der Waals surface area contributed by atoms with Gasteiger partial charge in [-0.05, 0) is 56.3 Å². The molecule has 1 atom stereocenters. The molecule has 0 amide bonds. The van der Waals surface area contributed by atoms with Crippen LogP contribution in [0, 0.1) is 0 Å². The highest BCUT2D eigenvalue weighted by Gasteiger charge is 2.15. The number of hydrogen-bond donors (Lipinski definition) is 1. The van der Waals surface area contributed by atoms with Crippen molar-refractivity contribution in [2.75, 3.05) is 20.3 Å². The first-order valence-electron chi connectivity index (χ1n) is 7.26. The van der Waals surface area contributed by atoms with Gasteiger partial charge in [-0.1, -0.05) is 6.07 Å². The van der Waals surface area contributed by atoms with E-state index in [1.165, 1.54) is 5.56 Å². The first-order chi connectivity index (χ1) is 10.3. The SMILES string of the molecule is CCOc1ccc(C(NC)c2ccncc2)cc1OCC. The summed E-state index contributed by atoms with van der Waals surface area (Å²) in [5.74, 6) is 1.57. The van der Waals surface area contributed by atoms with Gasteiger partial charge in [0.05, 0.1) is 19.3 Å². The number of pyridine rings is 1. The highest BCUT2D eigenvalue weighted by molar-refractivity contribution is 5.45. The second kappa shape index (κ2) is 7.64. The Kier molecular flexibility index (Phi) is 5.58. The zero-order valence-corrected chi connectivity index (χ0v) is 12.8. The molecule has 21 heavy (non-hydrogen) atoms. The Morgan fingerprint density at radius 3 is 2.24 bits per heavy atom. The van der Waals surface area contributed by atoms with Crippen molar-refractivity contribution in [2.45, 2.75) is 19.9 Å². The van der Waals surface area contributed by atoms with E-state index in [1.54, 1.807) is 12.4 Å². The molecular formula is C17H22N2O2. The summed E-state index contributed by atoms with van der Waals surface area (Å²) in [6, 6.07) is 10.2. The minimum atomic E-state index is 0.0999. The van der Waals surface area contributed by atoms with E-state index in [-0.39, 0.29) is 6.04 Å². The molecule has 1 aromatic carbocycles. The third kappa shape index (κ3) is 3.73. The molecule has 4 heteroatoms. The van der Waals surface area contributed by atoms with Gasteiger partial charge in [-0.25, -0.2) is 0 Å². The van der Waals surface area contributed by atoms with E-state index in [0.717, 1.165) is 17.1 Å². The quantitative estimate of drug-likeness (QED) is 0.849. The highest BCUT2D eigenvalue weighted by atomic mass is 16.5. The van der Waals surface area contributed by atoms with Crippen LogP contribution < -0.4 is 14.8 Å². The minimum Gasteiger partial charge on any atom is -0.490 e. The Morgan fingerprint density at radius 1 is 0.952 bits per heavy atom. The maximum Gasteiger partial charge on any atom is 0.161 e. The smallest absolute Gasteiger partial charge is 0.161 e. The second-order valence-electron chi connectivity index (χ2n) is 4.57. The minimum absolute atomic E-state index is 0.0999. The van der Waals surface area contributed by atoms with Gasteiger partial charge in [0.1, 0.15) is 0 Å². The van der Waals surface area contributed by atoms with E-state index < -0.39 is 0 Å². The third-order valence-electron chi connectivity index (χ3n) is 3.23. The molecule has 1 aromatic heterocycles. The molecule has 2 aromatic rings. The monoisotopic (exact) mass is 286 g/mol. The fourth-order valence-electron chi connectivity index (χ4n) is 2.33. The van der Waals surface area contributed by atoms with Crippen molar-refractivity contribution in [3.05, 3.63) is 53.9 Å². The van der Waals surface area contributed by atoms with Gasteiger partial charge in [-0.15, -0.1) is 0 Å². The molecule has 112 valence electrons. The molecule has 1 heterocycles. The van der Waals surface area contributed by atoms with Gasteiger partial charge in [0.25, 0.3) is 0 Å². The number of nitrogens with one attached hydrogen (secondary N) is 1. The second-order valence-corrected chi connectivity index (χ2v) is 4.57. The summed E-state index contributed by atoms with van der Waals surface area (Å²) in [4.78, 5) is 4.07. The molecule has 0 saturated carbocycles. The predicted octanol–water partition coefficient (Wildman–Crippen LogP) is 3.19. The Labute approximate surface area is 126 Å². The van der Waals surface area contributed by atoms with Crippen LogP contribution in [0.3, 0.4) is 0 Å². The largest absolute Gasteiger partial charge is 0.490 e.